The van der Waals surface area contributed by atoms with Crippen molar-refractivity contribution in [3.8, 4) is 5.75 Å². The zero-order valence-electron chi connectivity index (χ0n) is 16.9. The molecule has 0 radical (unpaired) electrons. The summed E-state index contributed by atoms with van der Waals surface area (Å²) in [7, 11) is -1.25. The Kier molecular flexibility index (Phi) is 7.53. The summed E-state index contributed by atoms with van der Waals surface area (Å²) in [5.41, 5.74) is 1.58. The molecule has 29 heavy (non-hydrogen) atoms. The van der Waals surface area contributed by atoms with Crippen molar-refractivity contribution in [1.82, 2.24) is 4.72 Å². The monoisotopic (exact) mass is 419 g/mol. The van der Waals surface area contributed by atoms with Crippen LogP contribution >= 0.6 is 0 Å². The molecule has 0 amide bonds. The predicted octanol–water partition coefficient (Wildman–Crippen LogP) is 3.16. The van der Waals surface area contributed by atoms with Gasteiger partial charge in [-0.2, -0.15) is 0 Å². The second-order valence-corrected chi connectivity index (χ2v) is 8.36. The molecule has 2 rings (SSSR count). The molecule has 2 aromatic carbocycles. The van der Waals surface area contributed by atoms with E-state index in [2.05, 4.69) is 18.6 Å². The van der Waals surface area contributed by atoms with Crippen LogP contribution in [0.1, 0.15) is 52.5 Å². The quantitative estimate of drug-likeness (QED) is 0.495. The maximum absolute atomic E-state index is 12.3. The number of Topliss-reactive ketones (excluding diaryl/α,β-unsaturated/α-hetero) is 1. The zero-order valence-corrected chi connectivity index (χ0v) is 17.7. The fourth-order valence-corrected chi connectivity index (χ4v) is 3.57. The number of benzene rings is 2. The van der Waals surface area contributed by atoms with Gasteiger partial charge in [0.05, 0.1) is 12.7 Å². The molecule has 1 atom stereocenters. The van der Waals surface area contributed by atoms with Gasteiger partial charge in [-0.25, -0.2) is 17.9 Å². The van der Waals surface area contributed by atoms with E-state index >= 15 is 0 Å². The Morgan fingerprint density at radius 1 is 1.07 bits per heavy atom. The Bertz CT molecular complexity index is 983. The standard InChI is InChI=1S/C21H25NO6S/c1-5-14(2)15-6-8-16(9-7-15)18(23)13-28-21(24)17-10-11-19(27-4)20(12-17)29(25,26)22-3/h6-12,14,22H,5,13H2,1-4H3/t14-/m0/s1. The van der Waals surface area contributed by atoms with Gasteiger partial charge in [0, 0.05) is 5.56 Å². The van der Waals surface area contributed by atoms with E-state index in [0.717, 1.165) is 18.1 Å². The van der Waals surface area contributed by atoms with E-state index in [9.17, 15) is 18.0 Å². The minimum Gasteiger partial charge on any atom is -0.495 e. The van der Waals surface area contributed by atoms with Gasteiger partial charge in [-0.15, -0.1) is 0 Å². The van der Waals surface area contributed by atoms with Gasteiger partial charge >= 0.3 is 5.97 Å². The molecule has 0 aliphatic rings. The molecule has 7 nitrogen and oxygen atoms in total. The van der Waals surface area contributed by atoms with Crippen molar-refractivity contribution in [2.24, 2.45) is 0 Å². The zero-order chi connectivity index (χ0) is 21.6. The molecule has 0 aromatic heterocycles. The maximum Gasteiger partial charge on any atom is 0.338 e. The Balaban J connectivity index is 2.11. The number of ketones is 1. The number of rotatable bonds is 9. The van der Waals surface area contributed by atoms with Crippen LogP contribution in [0.3, 0.4) is 0 Å². The lowest BCUT2D eigenvalue weighted by Gasteiger charge is -2.11. The first-order chi connectivity index (χ1) is 13.7. The van der Waals surface area contributed by atoms with E-state index in [4.69, 9.17) is 9.47 Å². The highest BCUT2D eigenvalue weighted by atomic mass is 32.2. The molecule has 0 unspecified atom stereocenters. The third-order valence-electron chi connectivity index (χ3n) is 4.71. The normalized spacial score (nSPS) is 12.3. The van der Waals surface area contributed by atoms with Crippen LogP contribution in [0.2, 0.25) is 0 Å². The summed E-state index contributed by atoms with van der Waals surface area (Å²) in [6.07, 6.45) is 0.998. The number of ether oxygens (including phenoxy) is 2. The summed E-state index contributed by atoms with van der Waals surface area (Å²) in [6.45, 7) is 3.76. The number of carbonyl (C=O) groups is 2. The van der Waals surface area contributed by atoms with Crippen LogP contribution in [-0.4, -0.2) is 40.9 Å². The van der Waals surface area contributed by atoms with Crippen LogP contribution in [0.25, 0.3) is 0 Å². The highest BCUT2D eigenvalue weighted by Crippen LogP contribution is 2.25. The molecule has 1 N–H and O–H groups in total. The molecule has 0 aliphatic carbocycles. The van der Waals surface area contributed by atoms with Crippen LogP contribution in [0.15, 0.2) is 47.4 Å². The van der Waals surface area contributed by atoms with Gasteiger partial charge in [0.1, 0.15) is 10.6 Å². The van der Waals surface area contributed by atoms with Crippen LogP contribution in [0, 0.1) is 0 Å². The van der Waals surface area contributed by atoms with E-state index in [1.807, 2.05) is 12.1 Å². The van der Waals surface area contributed by atoms with Crippen molar-refractivity contribution >= 4 is 21.8 Å². The second kappa shape index (κ2) is 9.67. The fourth-order valence-electron chi connectivity index (χ4n) is 2.65. The minimum absolute atomic E-state index is 0.000423. The number of hydrogen-bond donors (Lipinski definition) is 1. The van der Waals surface area contributed by atoms with Crippen molar-refractivity contribution in [3.05, 3.63) is 59.2 Å². The molecular formula is C21H25NO6S. The molecule has 0 aliphatic heterocycles. The number of methoxy groups -OCH3 is 1. The van der Waals surface area contributed by atoms with E-state index in [-0.39, 0.29) is 22.0 Å². The van der Waals surface area contributed by atoms with Crippen LogP contribution < -0.4 is 9.46 Å². The largest absolute Gasteiger partial charge is 0.495 e. The van der Waals surface area contributed by atoms with E-state index in [0.29, 0.717) is 11.5 Å². The third-order valence-corrected chi connectivity index (χ3v) is 6.14. The van der Waals surface area contributed by atoms with E-state index in [1.165, 1.54) is 26.3 Å². The molecule has 0 heterocycles. The van der Waals surface area contributed by atoms with Gasteiger partial charge in [-0.05, 0) is 43.1 Å². The molecule has 0 bridgehead atoms. The summed E-state index contributed by atoms with van der Waals surface area (Å²) in [5, 5.41) is 0. The first-order valence-electron chi connectivity index (χ1n) is 9.15. The SMILES string of the molecule is CC[C@H](C)c1ccc(C(=O)COC(=O)c2ccc(OC)c(S(=O)(=O)NC)c2)cc1. The number of carbonyl (C=O) groups excluding carboxylic acids is 2. The van der Waals surface area contributed by atoms with Gasteiger partial charge in [0.2, 0.25) is 10.0 Å². The molecule has 0 fully saturated rings. The van der Waals surface area contributed by atoms with Crippen LogP contribution in [0.5, 0.6) is 5.75 Å². The Morgan fingerprint density at radius 3 is 2.24 bits per heavy atom. The van der Waals surface area contributed by atoms with Crippen molar-refractivity contribution < 1.29 is 27.5 Å². The van der Waals surface area contributed by atoms with Gasteiger partial charge in [0.15, 0.2) is 12.4 Å². The number of esters is 1. The Hall–Kier alpha value is -2.71. The highest BCUT2D eigenvalue weighted by molar-refractivity contribution is 7.89. The average molecular weight is 419 g/mol. The van der Waals surface area contributed by atoms with Gasteiger partial charge in [-0.3, -0.25) is 4.79 Å². The molecular weight excluding hydrogens is 394 g/mol. The van der Waals surface area contributed by atoms with Crippen molar-refractivity contribution in [2.45, 2.75) is 31.1 Å². The smallest absolute Gasteiger partial charge is 0.338 e. The number of sulfonamides is 1. The van der Waals surface area contributed by atoms with Crippen molar-refractivity contribution in [2.75, 3.05) is 20.8 Å². The molecule has 0 saturated heterocycles. The lowest BCUT2D eigenvalue weighted by molar-refractivity contribution is 0.0474. The first-order valence-corrected chi connectivity index (χ1v) is 10.6. The minimum atomic E-state index is -3.83. The predicted molar refractivity (Wildman–Crippen MR) is 109 cm³/mol. The second-order valence-electron chi connectivity index (χ2n) is 6.50. The summed E-state index contributed by atoms with van der Waals surface area (Å²) in [5.74, 6) is -0.654. The highest BCUT2D eigenvalue weighted by Gasteiger charge is 2.21. The lowest BCUT2D eigenvalue weighted by atomic mass is 9.97. The molecule has 0 spiro atoms. The Labute approximate surface area is 171 Å². The van der Waals surface area contributed by atoms with Crippen molar-refractivity contribution in [1.29, 1.82) is 0 Å². The van der Waals surface area contributed by atoms with Crippen LogP contribution in [0.4, 0.5) is 0 Å². The lowest BCUT2D eigenvalue weighted by Crippen LogP contribution is -2.20. The van der Waals surface area contributed by atoms with Gasteiger partial charge in [-0.1, -0.05) is 38.1 Å². The fraction of sp³-hybridized carbons (Fsp3) is 0.333. The number of nitrogens with one attached hydrogen (secondary N) is 1. The summed E-state index contributed by atoms with van der Waals surface area (Å²) < 4.78 is 36.5. The first kappa shape index (κ1) is 22.6. The summed E-state index contributed by atoms with van der Waals surface area (Å²) in [4.78, 5) is 24.4. The Morgan fingerprint density at radius 2 is 1.69 bits per heavy atom. The number of hydrogen-bond acceptors (Lipinski definition) is 6. The third kappa shape index (κ3) is 5.42. The van der Waals surface area contributed by atoms with Gasteiger partial charge < -0.3 is 9.47 Å². The molecule has 156 valence electrons. The van der Waals surface area contributed by atoms with Crippen LogP contribution in [-0.2, 0) is 14.8 Å². The topological polar surface area (TPSA) is 98.8 Å². The summed E-state index contributed by atoms with van der Waals surface area (Å²) >= 11 is 0. The maximum atomic E-state index is 12.3. The summed E-state index contributed by atoms with van der Waals surface area (Å²) in [6, 6.07) is 11.1. The molecule has 8 heteroatoms. The van der Waals surface area contributed by atoms with E-state index < -0.39 is 22.6 Å². The molecule has 0 saturated carbocycles. The van der Waals surface area contributed by atoms with Crippen molar-refractivity contribution in [3.63, 3.8) is 0 Å². The molecule has 2 aromatic rings. The van der Waals surface area contributed by atoms with Gasteiger partial charge in [0.25, 0.3) is 0 Å². The average Bonchev–Trinajstić information content (AvgIpc) is 2.76. The van der Waals surface area contributed by atoms with E-state index in [1.54, 1.807) is 12.1 Å².